The zero-order chi connectivity index (χ0) is 21.8. The van der Waals surface area contributed by atoms with Crippen LogP contribution in [0.5, 0.6) is 5.75 Å². The molecule has 2 saturated heterocycles. The summed E-state index contributed by atoms with van der Waals surface area (Å²) in [6.45, 7) is 9.71. The fraction of sp³-hybridized carbons (Fsp3) is 0.609. The van der Waals surface area contributed by atoms with Gasteiger partial charge in [-0.15, -0.1) is 0 Å². The second kappa shape index (κ2) is 9.49. The molecular weight excluding hydrogens is 382 g/mol. The molecule has 0 radical (unpaired) electrons. The van der Waals surface area contributed by atoms with E-state index >= 15 is 0 Å². The molecule has 0 bridgehead atoms. The van der Waals surface area contributed by atoms with Gasteiger partial charge in [0, 0.05) is 38.1 Å². The first-order chi connectivity index (χ1) is 14.2. The maximum Gasteiger partial charge on any atom is 0.258 e. The minimum Gasteiger partial charge on any atom is -0.484 e. The van der Waals surface area contributed by atoms with Crippen LogP contribution in [-0.2, 0) is 14.4 Å². The molecule has 30 heavy (non-hydrogen) atoms. The van der Waals surface area contributed by atoms with Gasteiger partial charge in [-0.25, -0.2) is 0 Å². The van der Waals surface area contributed by atoms with Crippen LogP contribution >= 0.6 is 0 Å². The lowest BCUT2D eigenvalue weighted by Gasteiger charge is -2.34. The standard InChI is InChI=1S/C23H33N3O4/c1-15(2)26-13-18(12-22(26)28)23(29)25-9-7-19(8-10-25)24-21(27)14-30-20-6-5-16(3)17(4)11-20/h5-6,11,15,18-19H,7-10,12-14H2,1-4H3,(H,24,27). The Bertz CT molecular complexity index is 800. The van der Waals surface area contributed by atoms with Crippen LogP contribution in [0.15, 0.2) is 18.2 Å². The van der Waals surface area contributed by atoms with Crippen molar-refractivity contribution in [2.45, 2.75) is 59.0 Å². The van der Waals surface area contributed by atoms with Crippen molar-refractivity contribution in [1.29, 1.82) is 0 Å². The number of hydrogen-bond acceptors (Lipinski definition) is 4. The molecule has 3 amide bonds. The largest absolute Gasteiger partial charge is 0.484 e. The van der Waals surface area contributed by atoms with Crippen molar-refractivity contribution < 1.29 is 19.1 Å². The van der Waals surface area contributed by atoms with E-state index in [4.69, 9.17) is 4.74 Å². The topological polar surface area (TPSA) is 79.0 Å². The van der Waals surface area contributed by atoms with Gasteiger partial charge >= 0.3 is 0 Å². The van der Waals surface area contributed by atoms with Gasteiger partial charge in [0.1, 0.15) is 5.75 Å². The SMILES string of the molecule is Cc1ccc(OCC(=O)NC2CCN(C(=O)C3CC(=O)N(C(C)C)C3)CC2)cc1C. The summed E-state index contributed by atoms with van der Waals surface area (Å²) in [5, 5.41) is 3.01. The monoisotopic (exact) mass is 415 g/mol. The van der Waals surface area contributed by atoms with Gasteiger partial charge in [0.15, 0.2) is 6.61 Å². The number of nitrogens with one attached hydrogen (secondary N) is 1. The lowest BCUT2D eigenvalue weighted by atomic mass is 10.0. The quantitative estimate of drug-likeness (QED) is 0.771. The lowest BCUT2D eigenvalue weighted by molar-refractivity contribution is -0.137. The normalized spacial score (nSPS) is 20.0. The third kappa shape index (κ3) is 5.32. The summed E-state index contributed by atoms with van der Waals surface area (Å²) in [6.07, 6.45) is 1.74. The Morgan fingerprint density at radius 3 is 2.47 bits per heavy atom. The molecule has 1 atom stereocenters. The summed E-state index contributed by atoms with van der Waals surface area (Å²) >= 11 is 0. The highest BCUT2D eigenvalue weighted by molar-refractivity contribution is 5.89. The van der Waals surface area contributed by atoms with Crippen molar-refractivity contribution in [3.63, 3.8) is 0 Å². The molecule has 1 aromatic carbocycles. The highest BCUT2D eigenvalue weighted by atomic mass is 16.5. The van der Waals surface area contributed by atoms with E-state index in [-0.39, 0.29) is 42.3 Å². The molecule has 2 aliphatic heterocycles. The van der Waals surface area contributed by atoms with Crippen LogP contribution in [-0.4, -0.2) is 65.8 Å². The molecule has 0 aliphatic carbocycles. The van der Waals surface area contributed by atoms with E-state index < -0.39 is 0 Å². The van der Waals surface area contributed by atoms with Gasteiger partial charge in [0.05, 0.1) is 5.92 Å². The van der Waals surface area contributed by atoms with Crippen molar-refractivity contribution in [1.82, 2.24) is 15.1 Å². The maximum atomic E-state index is 12.8. The number of nitrogens with zero attached hydrogens (tertiary/aromatic N) is 2. The molecular formula is C23H33N3O4. The van der Waals surface area contributed by atoms with Crippen LogP contribution in [0.4, 0.5) is 0 Å². The second-order valence-electron chi connectivity index (χ2n) is 8.74. The molecule has 2 heterocycles. The number of likely N-dealkylation sites (tertiary alicyclic amines) is 2. The van der Waals surface area contributed by atoms with Crippen molar-refractivity contribution in [2.75, 3.05) is 26.2 Å². The van der Waals surface area contributed by atoms with E-state index in [0.717, 1.165) is 18.4 Å². The molecule has 164 valence electrons. The Morgan fingerprint density at radius 1 is 1.17 bits per heavy atom. The molecule has 0 spiro atoms. The van der Waals surface area contributed by atoms with Gasteiger partial charge in [-0.2, -0.15) is 0 Å². The van der Waals surface area contributed by atoms with Crippen LogP contribution in [0.3, 0.4) is 0 Å². The van der Waals surface area contributed by atoms with Gasteiger partial charge in [-0.1, -0.05) is 6.07 Å². The second-order valence-corrected chi connectivity index (χ2v) is 8.74. The summed E-state index contributed by atoms with van der Waals surface area (Å²) in [6, 6.07) is 5.95. The fourth-order valence-electron chi connectivity index (χ4n) is 4.12. The van der Waals surface area contributed by atoms with E-state index in [1.807, 2.05) is 50.8 Å². The number of amides is 3. The third-order valence-electron chi connectivity index (χ3n) is 6.15. The number of hydrogen-bond donors (Lipinski definition) is 1. The zero-order valence-corrected chi connectivity index (χ0v) is 18.4. The molecule has 0 saturated carbocycles. The van der Waals surface area contributed by atoms with Crippen molar-refractivity contribution in [3.05, 3.63) is 29.3 Å². The number of carbonyl (C=O) groups is 3. The number of rotatable bonds is 6. The van der Waals surface area contributed by atoms with E-state index in [1.54, 1.807) is 4.90 Å². The molecule has 3 rings (SSSR count). The Labute approximate surface area is 178 Å². The summed E-state index contributed by atoms with van der Waals surface area (Å²) in [4.78, 5) is 40.7. The molecule has 1 unspecified atom stereocenters. The molecule has 2 fully saturated rings. The fourth-order valence-corrected chi connectivity index (χ4v) is 4.12. The summed E-state index contributed by atoms with van der Waals surface area (Å²) in [7, 11) is 0. The van der Waals surface area contributed by atoms with E-state index in [2.05, 4.69) is 5.32 Å². The number of piperidine rings is 1. The van der Waals surface area contributed by atoms with Gasteiger partial charge in [-0.3, -0.25) is 14.4 Å². The average Bonchev–Trinajstić information content (AvgIpc) is 3.11. The van der Waals surface area contributed by atoms with Gasteiger partial charge in [-0.05, 0) is 63.8 Å². The molecule has 7 heteroatoms. The lowest BCUT2D eigenvalue weighted by Crippen LogP contribution is -2.49. The molecule has 0 aromatic heterocycles. The maximum absolute atomic E-state index is 12.8. The Kier molecular flexibility index (Phi) is 7.00. The number of carbonyl (C=O) groups excluding carboxylic acids is 3. The summed E-state index contributed by atoms with van der Waals surface area (Å²) in [5.41, 5.74) is 2.32. The summed E-state index contributed by atoms with van der Waals surface area (Å²) < 4.78 is 5.60. The Balaban J connectivity index is 1.41. The Hall–Kier alpha value is -2.57. The number of ether oxygens (including phenoxy) is 1. The average molecular weight is 416 g/mol. The number of aryl methyl sites for hydroxylation is 2. The van der Waals surface area contributed by atoms with E-state index in [1.165, 1.54) is 5.56 Å². The molecule has 2 aliphatic rings. The number of benzene rings is 1. The van der Waals surface area contributed by atoms with Crippen LogP contribution < -0.4 is 10.1 Å². The highest BCUT2D eigenvalue weighted by Crippen LogP contribution is 2.24. The van der Waals surface area contributed by atoms with Gasteiger partial charge in [0.2, 0.25) is 11.8 Å². The zero-order valence-electron chi connectivity index (χ0n) is 18.4. The minimum atomic E-state index is -0.239. The van der Waals surface area contributed by atoms with Crippen LogP contribution in [0.2, 0.25) is 0 Å². The van der Waals surface area contributed by atoms with Crippen LogP contribution in [0.1, 0.15) is 44.2 Å². The van der Waals surface area contributed by atoms with Crippen molar-refractivity contribution in [2.24, 2.45) is 5.92 Å². The highest BCUT2D eigenvalue weighted by Gasteiger charge is 2.38. The van der Waals surface area contributed by atoms with Crippen LogP contribution in [0.25, 0.3) is 0 Å². The Morgan fingerprint density at radius 2 is 1.87 bits per heavy atom. The molecule has 1 aromatic rings. The first-order valence-corrected chi connectivity index (χ1v) is 10.8. The van der Waals surface area contributed by atoms with Crippen LogP contribution in [0, 0.1) is 19.8 Å². The molecule has 7 nitrogen and oxygen atoms in total. The predicted molar refractivity (Wildman–Crippen MR) is 114 cm³/mol. The van der Waals surface area contributed by atoms with E-state index in [9.17, 15) is 14.4 Å². The summed E-state index contributed by atoms with van der Waals surface area (Å²) in [5.74, 6) is 0.434. The minimum absolute atomic E-state index is 0.0170. The smallest absolute Gasteiger partial charge is 0.258 e. The molecule has 1 N–H and O–H groups in total. The van der Waals surface area contributed by atoms with Gasteiger partial charge in [0.25, 0.3) is 5.91 Å². The van der Waals surface area contributed by atoms with E-state index in [0.29, 0.717) is 31.8 Å². The predicted octanol–water partition coefficient (Wildman–Crippen LogP) is 2.05. The van der Waals surface area contributed by atoms with Gasteiger partial charge < -0.3 is 19.9 Å². The van der Waals surface area contributed by atoms with Crippen molar-refractivity contribution >= 4 is 17.7 Å². The first kappa shape index (κ1) is 22.1. The third-order valence-corrected chi connectivity index (χ3v) is 6.15. The van der Waals surface area contributed by atoms with Crippen molar-refractivity contribution in [3.8, 4) is 5.75 Å². The first-order valence-electron chi connectivity index (χ1n) is 10.8.